The number of methoxy groups -OCH3 is 1. The number of pyridine rings is 1. The Balaban J connectivity index is 2.25. The Bertz CT molecular complexity index is 648. The molecule has 0 radical (unpaired) electrons. The Morgan fingerprint density at radius 3 is 2.55 bits per heavy atom. The molecule has 0 spiro atoms. The van der Waals surface area contributed by atoms with Crippen LogP contribution in [-0.4, -0.2) is 31.9 Å². The number of rotatable bonds is 7. The van der Waals surface area contributed by atoms with Crippen molar-refractivity contribution >= 4 is 0 Å². The van der Waals surface area contributed by atoms with E-state index in [0.29, 0.717) is 31.3 Å². The van der Waals surface area contributed by atoms with Gasteiger partial charge < -0.3 is 14.2 Å². The fourth-order valence-corrected chi connectivity index (χ4v) is 2.01. The standard InChI is InChI=1S/C17H18N2O3/c1-3-21-10-11-22-17-16(12-18)15(8-9-19-17)13-4-6-14(20-2)7-5-13/h4-9H,3,10-11H2,1-2H3. The molecule has 0 N–H and O–H groups in total. The highest BCUT2D eigenvalue weighted by Gasteiger charge is 2.12. The van der Waals surface area contributed by atoms with Crippen molar-refractivity contribution in [1.82, 2.24) is 4.98 Å². The maximum atomic E-state index is 9.44. The molecule has 1 aromatic carbocycles. The Morgan fingerprint density at radius 2 is 1.91 bits per heavy atom. The van der Waals surface area contributed by atoms with Gasteiger partial charge in [-0.15, -0.1) is 0 Å². The van der Waals surface area contributed by atoms with Gasteiger partial charge in [-0.1, -0.05) is 12.1 Å². The van der Waals surface area contributed by atoms with Crippen LogP contribution < -0.4 is 9.47 Å². The van der Waals surface area contributed by atoms with Crippen LogP contribution in [0.1, 0.15) is 12.5 Å². The average molecular weight is 298 g/mol. The number of benzene rings is 1. The molecule has 5 heteroatoms. The van der Waals surface area contributed by atoms with Crippen LogP contribution >= 0.6 is 0 Å². The molecule has 1 aromatic heterocycles. The van der Waals surface area contributed by atoms with Crippen molar-refractivity contribution in [2.24, 2.45) is 0 Å². The molecule has 0 aliphatic rings. The molecule has 22 heavy (non-hydrogen) atoms. The first-order valence-electron chi connectivity index (χ1n) is 7.04. The first-order chi connectivity index (χ1) is 10.8. The zero-order chi connectivity index (χ0) is 15.8. The lowest BCUT2D eigenvalue weighted by molar-refractivity contribution is 0.108. The molecular weight excluding hydrogens is 280 g/mol. The van der Waals surface area contributed by atoms with Crippen LogP contribution in [0.2, 0.25) is 0 Å². The van der Waals surface area contributed by atoms with Crippen LogP contribution in [0.4, 0.5) is 0 Å². The highest BCUT2D eigenvalue weighted by atomic mass is 16.5. The predicted molar refractivity (Wildman–Crippen MR) is 82.9 cm³/mol. The van der Waals surface area contributed by atoms with Gasteiger partial charge in [0.2, 0.25) is 5.88 Å². The quantitative estimate of drug-likeness (QED) is 0.735. The van der Waals surface area contributed by atoms with E-state index in [0.717, 1.165) is 16.9 Å². The van der Waals surface area contributed by atoms with Crippen molar-refractivity contribution in [3.63, 3.8) is 0 Å². The van der Waals surface area contributed by atoms with Gasteiger partial charge in [-0.3, -0.25) is 0 Å². The summed E-state index contributed by atoms with van der Waals surface area (Å²) in [4.78, 5) is 4.14. The summed E-state index contributed by atoms with van der Waals surface area (Å²) in [6, 6.07) is 11.5. The fraction of sp³-hybridized carbons (Fsp3) is 0.294. The third-order valence-corrected chi connectivity index (χ3v) is 3.10. The van der Waals surface area contributed by atoms with E-state index in [-0.39, 0.29) is 0 Å². The molecule has 0 saturated heterocycles. The first-order valence-corrected chi connectivity index (χ1v) is 7.04. The zero-order valence-electron chi connectivity index (χ0n) is 12.7. The Morgan fingerprint density at radius 1 is 1.14 bits per heavy atom. The highest BCUT2D eigenvalue weighted by molar-refractivity contribution is 5.72. The van der Waals surface area contributed by atoms with Crippen LogP contribution in [0, 0.1) is 11.3 Å². The monoisotopic (exact) mass is 298 g/mol. The predicted octanol–water partition coefficient (Wildman–Crippen LogP) is 3.04. The third kappa shape index (κ3) is 3.74. The fourth-order valence-electron chi connectivity index (χ4n) is 2.01. The second-order valence-corrected chi connectivity index (χ2v) is 4.42. The molecule has 0 fully saturated rings. The molecule has 114 valence electrons. The minimum atomic E-state index is 0.329. The lowest BCUT2D eigenvalue weighted by Crippen LogP contribution is -2.08. The van der Waals surface area contributed by atoms with E-state index >= 15 is 0 Å². The van der Waals surface area contributed by atoms with Crippen molar-refractivity contribution in [3.8, 4) is 28.8 Å². The molecular formula is C17H18N2O3. The highest BCUT2D eigenvalue weighted by Crippen LogP contribution is 2.29. The van der Waals surface area contributed by atoms with E-state index in [9.17, 15) is 5.26 Å². The number of nitriles is 1. The van der Waals surface area contributed by atoms with Crippen molar-refractivity contribution in [1.29, 1.82) is 5.26 Å². The van der Waals surface area contributed by atoms with Crippen molar-refractivity contribution in [2.75, 3.05) is 26.9 Å². The van der Waals surface area contributed by atoms with Gasteiger partial charge in [-0.2, -0.15) is 5.26 Å². The molecule has 5 nitrogen and oxygen atoms in total. The number of aromatic nitrogens is 1. The lowest BCUT2D eigenvalue weighted by Gasteiger charge is -2.10. The van der Waals surface area contributed by atoms with Gasteiger partial charge >= 0.3 is 0 Å². The molecule has 1 heterocycles. The van der Waals surface area contributed by atoms with Gasteiger partial charge in [-0.25, -0.2) is 4.98 Å². The van der Waals surface area contributed by atoms with E-state index in [4.69, 9.17) is 14.2 Å². The van der Waals surface area contributed by atoms with Crippen molar-refractivity contribution in [3.05, 3.63) is 42.1 Å². The summed E-state index contributed by atoms with van der Waals surface area (Å²) in [5.41, 5.74) is 2.12. The van der Waals surface area contributed by atoms with E-state index in [1.807, 2.05) is 31.2 Å². The summed E-state index contributed by atoms with van der Waals surface area (Å²) in [5.74, 6) is 1.10. The van der Waals surface area contributed by atoms with Crippen LogP contribution in [0.3, 0.4) is 0 Å². The molecule has 0 saturated carbocycles. The van der Waals surface area contributed by atoms with Crippen LogP contribution in [-0.2, 0) is 4.74 Å². The summed E-state index contributed by atoms with van der Waals surface area (Å²) in [6.45, 7) is 3.38. The second-order valence-electron chi connectivity index (χ2n) is 4.42. The molecule has 2 aromatic rings. The van der Waals surface area contributed by atoms with Crippen molar-refractivity contribution in [2.45, 2.75) is 6.92 Å². The second kappa shape index (κ2) is 8.01. The Labute approximate surface area is 130 Å². The van der Waals surface area contributed by atoms with Crippen LogP contribution in [0.25, 0.3) is 11.1 Å². The smallest absolute Gasteiger partial charge is 0.232 e. The Kier molecular flexibility index (Phi) is 5.75. The minimum absolute atomic E-state index is 0.329. The molecule has 0 amide bonds. The van der Waals surface area contributed by atoms with Gasteiger partial charge in [0.15, 0.2) is 0 Å². The summed E-state index contributed by atoms with van der Waals surface area (Å²) < 4.78 is 15.9. The van der Waals surface area contributed by atoms with E-state index in [1.54, 1.807) is 19.4 Å². The molecule has 0 atom stereocenters. The van der Waals surface area contributed by atoms with Gasteiger partial charge in [0, 0.05) is 18.4 Å². The van der Waals surface area contributed by atoms with Gasteiger partial charge in [0.05, 0.1) is 13.7 Å². The average Bonchev–Trinajstić information content (AvgIpc) is 2.58. The van der Waals surface area contributed by atoms with Crippen LogP contribution in [0.5, 0.6) is 11.6 Å². The molecule has 0 bridgehead atoms. The van der Waals surface area contributed by atoms with Gasteiger partial charge in [0.1, 0.15) is 24.0 Å². The molecule has 0 aliphatic carbocycles. The summed E-state index contributed by atoms with van der Waals surface area (Å²) in [6.07, 6.45) is 1.64. The van der Waals surface area contributed by atoms with Gasteiger partial charge in [0.25, 0.3) is 0 Å². The third-order valence-electron chi connectivity index (χ3n) is 3.10. The lowest BCUT2D eigenvalue weighted by atomic mass is 10.0. The number of hydrogen-bond acceptors (Lipinski definition) is 5. The Hall–Kier alpha value is -2.58. The number of hydrogen-bond donors (Lipinski definition) is 0. The first kappa shape index (κ1) is 15.8. The number of ether oxygens (including phenoxy) is 3. The maximum Gasteiger partial charge on any atom is 0.232 e. The van der Waals surface area contributed by atoms with Gasteiger partial charge in [-0.05, 0) is 30.7 Å². The summed E-state index contributed by atoms with van der Waals surface area (Å²) in [7, 11) is 1.62. The summed E-state index contributed by atoms with van der Waals surface area (Å²) in [5, 5.41) is 9.44. The maximum absolute atomic E-state index is 9.44. The topological polar surface area (TPSA) is 64.4 Å². The number of nitrogens with zero attached hydrogens (tertiary/aromatic N) is 2. The van der Waals surface area contributed by atoms with E-state index in [1.165, 1.54) is 0 Å². The zero-order valence-corrected chi connectivity index (χ0v) is 12.7. The van der Waals surface area contributed by atoms with E-state index in [2.05, 4.69) is 11.1 Å². The van der Waals surface area contributed by atoms with Crippen LogP contribution in [0.15, 0.2) is 36.5 Å². The van der Waals surface area contributed by atoms with E-state index < -0.39 is 0 Å². The summed E-state index contributed by atoms with van der Waals surface area (Å²) >= 11 is 0. The minimum Gasteiger partial charge on any atom is -0.497 e. The molecule has 0 unspecified atom stereocenters. The normalized spacial score (nSPS) is 10.0. The molecule has 0 aliphatic heterocycles. The molecule has 2 rings (SSSR count). The SMILES string of the molecule is CCOCCOc1nccc(-c2ccc(OC)cc2)c1C#N. The van der Waals surface area contributed by atoms with Crippen molar-refractivity contribution < 1.29 is 14.2 Å². The largest absolute Gasteiger partial charge is 0.497 e.